The molecule has 2 unspecified atom stereocenters. The minimum Gasteiger partial charge on any atom is -0.330 e. The highest BCUT2D eigenvalue weighted by molar-refractivity contribution is 6.35. The molecule has 0 saturated heterocycles. The molecule has 1 aliphatic carbocycles. The largest absolute Gasteiger partial charge is 0.330 e. The molecule has 3 heteroatoms. The first-order chi connectivity index (χ1) is 7.22. The molecule has 15 heavy (non-hydrogen) atoms. The van der Waals surface area contributed by atoms with Crippen molar-refractivity contribution < 1.29 is 0 Å². The van der Waals surface area contributed by atoms with Gasteiger partial charge < -0.3 is 5.73 Å². The molecule has 0 amide bonds. The molecule has 1 nitrogen and oxygen atoms in total. The Morgan fingerprint density at radius 1 is 1.13 bits per heavy atom. The van der Waals surface area contributed by atoms with Crippen LogP contribution in [0.1, 0.15) is 18.4 Å². The molecule has 0 heterocycles. The van der Waals surface area contributed by atoms with Crippen molar-refractivity contribution >= 4 is 23.2 Å². The molecule has 1 aliphatic rings. The van der Waals surface area contributed by atoms with Gasteiger partial charge in [-0.1, -0.05) is 29.3 Å². The van der Waals surface area contributed by atoms with Gasteiger partial charge in [0.15, 0.2) is 0 Å². The standard InChI is InChI=1S/C12H15Cl2N/c13-11-2-1-3-12(14)10(11)6-8-4-5-9(8)7-15/h1-3,8-9H,4-7,15H2. The molecule has 2 rings (SSSR count). The molecule has 1 aromatic carbocycles. The Bertz CT molecular complexity index is 329. The lowest BCUT2D eigenvalue weighted by molar-refractivity contribution is 0.183. The van der Waals surface area contributed by atoms with E-state index in [1.807, 2.05) is 18.2 Å². The number of halogens is 2. The summed E-state index contributed by atoms with van der Waals surface area (Å²) in [6.07, 6.45) is 3.48. The van der Waals surface area contributed by atoms with Crippen LogP contribution in [0.5, 0.6) is 0 Å². The van der Waals surface area contributed by atoms with Gasteiger partial charge in [-0.2, -0.15) is 0 Å². The van der Waals surface area contributed by atoms with E-state index in [1.165, 1.54) is 12.8 Å². The lowest BCUT2D eigenvalue weighted by Gasteiger charge is -2.36. The van der Waals surface area contributed by atoms with Gasteiger partial charge in [-0.3, -0.25) is 0 Å². The number of benzene rings is 1. The Labute approximate surface area is 101 Å². The second-order valence-corrected chi connectivity index (χ2v) is 5.05. The van der Waals surface area contributed by atoms with E-state index in [-0.39, 0.29) is 0 Å². The van der Waals surface area contributed by atoms with Gasteiger partial charge in [-0.05, 0) is 55.3 Å². The fourth-order valence-corrected chi connectivity index (χ4v) is 2.76. The molecule has 1 aromatic rings. The Hall–Kier alpha value is -0.240. The Morgan fingerprint density at radius 3 is 2.20 bits per heavy atom. The molecule has 0 bridgehead atoms. The number of hydrogen-bond donors (Lipinski definition) is 1. The van der Waals surface area contributed by atoms with E-state index in [0.717, 1.165) is 28.6 Å². The average Bonchev–Trinajstić information content (AvgIpc) is 2.16. The predicted molar refractivity (Wildman–Crippen MR) is 65.4 cm³/mol. The van der Waals surface area contributed by atoms with Crippen molar-refractivity contribution in [1.82, 2.24) is 0 Å². The maximum atomic E-state index is 6.13. The van der Waals surface area contributed by atoms with Crippen LogP contribution in [0.3, 0.4) is 0 Å². The second-order valence-electron chi connectivity index (χ2n) is 4.24. The van der Waals surface area contributed by atoms with E-state index >= 15 is 0 Å². The Balaban J connectivity index is 2.10. The van der Waals surface area contributed by atoms with E-state index < -0.39 is 0 Å². The highest BCUT2D eigenvalue weighted by atomic mass is 35.5. The normalized spacial score (nSPS) is 25.0. The minimum absolute atomic E-state index is 0.664. The summed E-state index contributed by atoms with van der Waals surface area (Å²) in [4.78, 5) is 0. The maximum absolute atomic E-state index is 6.13. The Kier molecular flexibility index (Phi) is 3.55. The molecular weight excluding hydrogens is 229 g/mol. The van der Waals surface area contributed by atoms with Crippen molar-refractivity contribution in [2.75, 3.05) is 6.54 Å². The van der Waals surface area contributed by atoms with Crippen molar-refractivity contribution in [3.05, 3.63) is 33.8 Å². The molecule has 1 saturated carbocycles. The van der Waals surface area contributed by atoms with Gasteiger partial charge in [0.25, 0.3) is 0 Å². The smallest absolute Gasteiger partial charge is 0.0452 e. The highest BCUT2D eigenvalue weighted by Crippen LogP contribution is 2.38. The molecule has 2 N–H and O–H groups in total. The number of rotatable bonds is 3. The van der Waals surface area contributed by atoms with Gasteiger partial charge in [0.2, 0.25) is 0 Å². The van der Waals surface area contributed by atoms with Crippen LogP contribution in [0.2, 0.25) is 10.0 Å². The van der Waals surface area contributed by atoms with E-state index in [4.69, 9.17) is 28.9 Å². The molecule has 0 spiro atoms. The van der Waals surface area contributed by atoms with Gasteiger partial charge >= 0.3 is 0 Å². The first-order valence-electron chi connectivity index (χ1n) is 5.35. The summed E-state index contributed by atoms with van der Waals surface area (Å²) < 4.78 is 0. The molecule has 0 aromatic heterocycles. The van der Waals surface area contributed by atoms with Gasteiger partial charge in [0, 0.05) is 10.0 Å². The average molecular weight is 244 g/mol. The van der Waals surface area contributed by atoms with Crippen molar-refractivity contribution in [2.45, 2.75) is 19.3 Å². The van der Waals surface area contributed by atoms with Crippen LogP contribution >= 0.6 is 23.2 Å². The van der Waals surface area contributed by atoms with Crippen molar-refractivity contribution in [3.8, 4) is 0 Å². The summed E-state index contributed by atoms with van der Waals surface area (Å²) in [5, 5.41) is 1.57. The molecule has 82 valence electrons. The lowest BCUT2D eigenvalue weighted by Crippen LogP contribution is -2.33. The zero-order valence-corrected chi connectivity index (χ0v) is 10.1. The fourth-order valence-electron chi connectivity index (χ4n) is 2.21. The van der Waals surface area contributed by atoms with Gasteiger partial charge in [-0.25, -0.2) is 0 Å². The predicted octanol–water partition coefficient (Wildman–Crippen LogP) is 3.52. The third kappa shape index (κ3) is 2.30. The van der Waals surface area contributed by atoms with Crippen LogP contribution in [0.4, 0.5) is 0 Å². The highest BCUT2D eigenvalue weighted by Gasteiger charge is 2.30. The second kappa shape index (κ2) is 4.73. The SMILES string of the molecule is NCC1CCC1Cc1c(Cl)cccc1Cl. The zero-order valence-electron chi connectivity index (χ0n) is 8.55. The van der Waals surface area contributed by atoms with Crippen molar-refractivity contribution in [3.63, 3.8) is 0 Å². The Morgan fingerprint density at radius 2 is 1.73 bits per heavy atom. The monoisotopic (exact) mass is 243 g/mol. The van der Waals surface area contributed by atoms with E-state index in [9.17, 15) is 0 Å². The summed E-state index contributed by atoms with van der Waals surface area (Å²) in [5.41, 5.74) is 6.78. The molecule has 0 radical (unpaired) electrons. The third-order valence-corrected chi connectivity index (χ3v) is 4.11. The molecule has 2 atom stereocenters. The van der Waals surface area contributed by atoms with Gasteiger partial charge in [-0.15, -0.1) is 0 Å². The van der Waals surface area contributed by atoms with E-state index in [0.29, 0.717) is 11.8 Å². The van der Waals surface area contributed by atoms with Crippen molar-refractivity contribution in [1.29, 1.82) is 0 Å². The van der Waals surface area contributed by atoms with Crippen LogP contribution in [-0.2, 0) is 6.42 Å². The minimum atomic E-state index is 0.664. The molecule has 1 fully saturated rings. The van der Waals surface area contributed by atoms with Crippen LogP contribution < -0.4 is 5.73 Å². The summed E-state index contributed by atoms with van der Waals surface area (Å²) >= 11 is 12.3. The summed E-state index contributed by atoms with van der Waals surface area (Å²) in [6, 6.07) is 5.69. The van der Waals surface area contributed by atoms with E-state index in [1.54, 1.807) is 0 Å². The molecular formula is C12H15Cl2N. The van der Waals surface area contributed by atoms with E-state index in [2.05, 4.69) is 0 Å². The van der Waals surface area contributed by atoms with Crippen LogP contribution in [0, 0.1) is 11.8 Å². The zero-order chi connectivity index (χ0) is 10.8. The van der Waals surface area contributed by atoms with Crippen molar-refractivity contribution in [2.24, 2.45) is 17.6 Å². The van der Waals surface area contributed by atoms with Crippen LogP contribution in [-0.4, -0.2) is 6.54 Å². The summed E-state index contributed by atoms with van der Waals surface area (Å²) in [7, 11) is 0. The summed E-state index contributed by atoms with van der Waals surface area (Å²) in [5.74, 6) is 1.34. The maximum Gasteiger partial charge on any atom is 0.0452 e. The van der Waals surface area contributed by atoms with Gasteiger partial charge in [0.05, 0.1) is 0 Å². The fraction of sp³-hybridized carbons (Fsp3) is 0.500. The molecule has 0 aliphatic heterocycles. The number of nitrogens with two attached hydrogens (primary N) is 1. The topological polar surface area (TPSA) is 26.0 Å². The van der Waals surface area contributed by atoms with Crippen LogP contribution in [0.25, 0.3) is 0 Å². The third-order valence-electron chi connectivity index (χ3n) is 3.41. The first-order valence-corrected chi connectivity index (χ1v) is 6.11. The quantitative estimate of drug-likeness (QED) is 0.864. The lowest BCUT2D eigenvalue weighted by atomic mass is 9.71. The van der Waals surface area contributed by atoms with Gasteiger partial charge in [0.1, 0.15) is 0 Å². The summed E-state index contributed by atoms with van der Waals surface area (Å²) in [6.45, 7) is 0.784. The number of hydrogen-bond acceptors (Lipinski definition) is 1. The first kappa shape index (κ1) is 11.3. The van der Waals surface area contributed by atoms with Crippen LogP contribution in [0.15, 0.2) is 18.2 Å².